The lowest BCUT2D eigenvalue weighted by Crippen LogP contribution is -2.47. The quantitative estimate of drug-likeness (QED) is 0.718. The number of nitrogens with one attached hydrogen (secondary N) is 2. The molecule has 2 N–H and O–H groups in total. The summed E-state index contributed by atoms with van der Waals surface area (Å²) in [4.78, 5) is 16.7. The smallest absolute Gasteiger partial charge is 0.319 e. The van der Waals surface area contributed by atoms with E-state index in [1.54, 1.807) is 31.7 Å². The number of carbonyl (C=O) groups excluding carboxylic acids is 1. The number of amides is 2. The number of aromatic nitrogens is 2. The molecule has 1 aromatic carbocycles. The maximum absolute atomic E-state index is 12.5. The van der Waals surface area contributed by atoms with E-state index >= 15 is 0 Å². The number of anilines is 1. The van der Waals surface area contributed by atoms with Gasteiger partial charge in [-0.2, -0.15) is 4.31 Å². The van der Waals surface area contributed by atoms with E-state index in [1.165, 1.54) is 16.4 Å². The van der Waals surface area contributed by atoms with Crippen molar-refractivity contribution in [2.45, 2.75) is 58.1 Å². The normalized spacial score (nSPS) is 13.5. The zero-order chi connectivity index (χ0) is 21.8. The van der Waals surface area contributed by atoms with Gasteiger partial charge in [-0.15, -0.1) is 0 Å². The fourth-order valence-corrected chi connectivity index (χ4v) is 3.99. The summed E-state index contributed by atoms with van der Waals surface area (Å²) in [6, 6.07) is 5.54. The van der Waals surface area contributed by atoms with Gasteiger partial charge in [0.05, 0.1) is 17.3 Å². The molecule has 0 fully saturated rings. The van der Waals surface area contributed by atoms with Gasteiger partial charge in [0, 0.05) is 37.7 Å². The van der Waals surface area contributed by atoms with E-state index in [1.807, 2.05) is 24.6 Å². The van der Waals surface area contributed by atoms with Crippen molar-refractivity contribution in [1.29, 1.82) is 0 Å². The van der Waals surface area contributed by atoms with E-state index in [9.17, 15) is 13.2 Å². The molecule has 1 heterocycles. The summed E-state index contributed by atoms with van der Waals surface area (Å²) in [5.41, 5.74) is 0.352. The number of hydrogen-bond acceptors (Lipinski definition) is 4. The number of benzene rings is 1. The van der Waals surface area contributed by atoms with Gasteiger partial charge in [0.2, 0.25) is 10.0 Å². The van der Waals surface area contributed by atoms with Gasteiger partial charge in [-0.1, -0.05) is 20.8 Å². The third kappa shape index (κ3) is 6.04. The lowest BCUT2D eigenvalue weighted by atomic mass is 9.86. The van der Waals surface area contributed by atoms with E-state index in [0.717, 1.165) is 0 Å². The molecule has 29 heavy (non-hydrogen) atoms. The summed E-state index contributed by atoms with van der Waals surface area (Å²) in [6.07, 6.45) is 5.27. The predicted molar refractivity (Wildman–Crippen MR) is 114 cm³/mol. The summed E-state index contributed by atoms with van der Waals surface area (Å²) in [5.74, 6) is 0. The Morgan fingerprint density at radius 2 is 1.83 bits per heavy atom. The molecule has 0 spiro atoms. The number of hydrogen-bond donors (Lipinski definition) is 2. The van der Waals surface area contributed by atoms with Gasteiger partial charge in [-0.25, -0.2) is 18.2 Å². The summed E-state index contributed by atoms with van der Waals surface area (Å²) in [6.45, 7) is 10.4. The van der Waals surface area contributed by atoms with E-state index in [0.29, 0.717) is 12.2 Å². The number of imidazole rings is 1. The SMILES string of the molecule is CC(C)N(C)S(=O)(=O)c1ccc(NC(=O)NC(Cn2ccnc2)C(C)(C)C)cc1. The van der Waals surface area contributed by atoms with Crippen LogP contribution < -0.4 is 10.6 Å². The van der Waals surface area contributed by atoms with Gasteiger partial charge in [0.1, 0.15) is 0 Å². The van der Waals surface area contributed by atoms with Crippen LogP contribution in [0.4, 0.5) is 10.5 Å². The second-order valence-corrected chi connectivity index (χ2v) is 10.4. The van der Waals surface area contributed by atoms with Crippen molar-refractivity contribution in [2.24, 2.45) is 5.41 Å². The molecule has 9 heteroatoms. The van der Waals surface area contributed by atoms with Crippen LogP contribution >= 0.6 is 0 Å². The summed E-state index contributed by atoms with van der Waals surface area (Å²) >= 11 is 0. The van der Waals surface area contributed by atoms with Crippen LogP contribution in [0.3, 0.4) is 0 Å². The molecule has 2 aromatic rings. The third-order valence-corrected chi connectivity index (χ3v) is 6.87. The van der Waals surface area contributed by atoms with Crippen LogP contribution in [0.25, 0.3) is 0 Å². The molecule has 1 unspecified atom stereocenters. The summed E-state index contributed by atoms with van der Waals surface area (Å²) in [5, 5.41) is 5.77. The van der Waals surface area contributed by atoms with Crippen molar-refractivity contribution >= 4 is 21.7 Å². The zero-order valence-corrected chi connectivity index (χ0v) is 18.7. The summed E-state index contributed by atoms with van der Waals surface area (Å²) in [7, 11) is -2.01. The van der Waals surface area contributed by atoms with Crippen LogP contribution in [0, 0.1) is 5.41 Å². The molecule has 0 radical (unpaired) electrons. The van der Waals surface area contributed by atoms with Crippen LogP contribution in [0.15, 0.2) is 47.9 Å². The standard InChI is InChI=1S/C20H31N5O3S/c1-15(2)24(6)29(27,28)17-9-7-16(8-10-17)22-19(26)23-18(20(3,4)5)13-25-12-11-21-14-25/h7-12,14-15,18H,13H2,1-6H3,(H2,22,23,26). The second-order valence-electron chi connectivity index (χ2n) is 8.42. The Hall–Kier alpha value is -2.39. The molecule has 0 aliphatic rings. The number of rotatable bonds is 7. The number of urea groups is 1. The maximum atomic E-state index is 12.5. The van der Waals surface area contributed by atoms with Crippen molar-refractivity contribution in [3.05, 3.63) is 43.0 Å². The van der Waals surface area contributed by atoms with Gasteiger partial charge < -0.3 is 15.2 Å². The second kappa shape index (κ2) is 8.96. The fourth-order valence-electron chi connectivity index (χ4n) is 2.62. The third-order valence-electron chi connectivity index (χ3n) is 4.82. The fraction of sp³-hybridized carbons (Fsp3) is 0.500. The van der Waals surface area contributed by atoms with Gasteiger partial charge in [0.15, 0.2) is 0 Å². The Labute approximate surface area is 173 Å². The molecule has 8 nitrogen and oxygen atoms in total. The Morgan fingerprint density at radius 3 is 2.31 bits per heavy atom. The van der Waals surface area contributed by atoms with Crippen LogP contribution in [0.2, 0.25) is 0 Å². The van der Waals surface area contributed by atoms with Crippen LogP contribution in [-0.2, 0) is 16.6 Å². The Bertz CT molecular complexity index is 901. The van der Waals surface area contributed by atoms with Gasteiger partial charge >= 0.3 is 6.03 Å². The largest absolute Gasteiger partial charge is 0.335 e. The van der Waals surface area contributed by atoms with Gasteiger partial charge in [0.25, 0.3) is 0 Å². The molecule has 0 saturated heterocycles. The highest BCUT2D eigenvalue weighted by Crippen LogP contribution is 2.22. The Kier molecular flexibility index (Phi) is 7.07. The zero-order valence-electron chi connectivity index (χ0n) is 17.9. The molecule has 0 bridgehead atoms. The van der Waals surface area contributed by atoms with Crippen molar-refractivity contribution in [3.8, 4) is 0 Å². The topological polar surface area (TPSA) is 96.3 Å². The first-order valence-electron chi connectivity index (χ1n) is 9.52. The van der Waals surface area contributed by atoms with E-state index in [2.05, 4.69) is 36.4 Å². The molecular formula is C20H31N5O3S. The lowest BCUT2D eigenvalue weighted by molar-refractivity contribution is 0.219. The highest BCUT2D eigenvalue weighted by molar-refractivity contribution is 7.89. The van der Waals surface area contributed by atoms with Gasteiger partial charge in [-0.3, -0.25) is 0 Å². The van der Waals surface area contributed by atoms with Crippen LogP contribution in [0.1, 0.15) is 34.6 Å². The first kappa shape index (κ1) is 22.9. The minimum Gasteiger partial charge on any atom is -0.335 e. The highest BCUT2D eigenvalue weighted by Gasteiger charge is 2.27. The maximum Gasteiger partial charge on any atom is 0.319 e. The average Bonchev–Trinajstić information content (AvgIpc) is 3.13. The number of carbonyl (C=O) groups is 1. The van der Waals surface area contributed by atoms with E-state index in [4.69, 9.17) is 0 Å². The Morgan fingerprint density at radius 1 is 1.21 bits per heavy atom. The monoisotopic (exact) mass is 421 g/mol. The molecular weight excluding hydrogens is 390 g/mol. The van der Waals surface area contributed by atoms with Gasteiger partial charge in [-0.05, 0) is 43.5 Å². The lowest BCUT2D eigenvalue weighted by Gasteiger charge is -2.31. The van der Waals surface area contributed by atoms with Crippen LogP contribution in [-0.4, -0.2) is 47.4 Å². The van der Waals surface area contributed by atoms with Crippen molar-refractivity contribution in [2.75, 3.05) is 12.4 Å². The highest BCUT2D eigenvalue weighted by atomic mass is 32.2. The molecule has 2 rings (SSSR count). The van der Waals surface area contributed by atoms with Crippen molar-refractivity contribution in [3.63, 3.8) is 0 Å². The first-order valence-corrected chi connectivity index (χ1v) is 11.0. The number of nitrogens with zero attached hydrogens (tertiary/aromatic N) is 3. The summed E-state index contributed by atoms with van der Waals surface area (Å²) < 4.78 is 28.3. The van der Waals surface area contributed by atoms with Crippen molar-refractivity contribution in [1.82, 2.24) is 19.2 Å². The molecule has 2 amide bonds. The molecule has 0 aliphatic heterocycles. The molecule has 160 valence electrons. The van der Waals surface area contributed by atoms with Crippen molar-refractivity contribution < 1.29 is 13.2 Å². The average molecular weight is 422 g/mol. The number of sulfonamides is 1. The predicted octanol–water partition coefficient (Wildman–Crippen LogP) is 3.15. The van der Waals surface area contributed by atoms with E-state index < -0.39 is 10.0 Å². The van der Waals surface area contributed by atoms with Crippen LogP contribution in [0.5, 0.6) is 0 Å². The first-order chi connectivity index (χ1) is 13.4. The minimum atomic E-state index is -3.55. The minimum absolute atomic E-state index is 0.129. The molecule has 0 saturated carbocycles. The molecule has 1 atom stereocenters. The Balaban J connectivity index is 2.06. The van der Waals surface area contributed by atoms with E-state index in [-0.39, 0.29) is 28.4 Å². The molecule has 1 aromatic heterocycles. The molecule has 0 aliphatic carbocycles.